The summed E-state index contributed by atoms with van der Waals surface area (Å²) in [6, 6.07) is 7.18. The van der Waals surface area contributed by atoms with Crippen molar-refractivity contribution in [2.75, 3.05) is 12.9 Å². The van der Waals surface area contributed by atoms with Crippen LogP contribution in [0.25, 0.3) is 0 Å². The largest absolute Gasteiger partial charge is 0.386 e. The fourth-order valence-corrected chi connectivity index (χ4v) is 1.45. The van der Waals surface area contributed by atoms with Crippen LogP contribution < -0.4 is 0 Å². The first kappa shape index (κ1) is 12.2. The Morgan fingerprint density at radius 2 is 1.87 bits per heavy atom. The van der Waals surface area contributed by atoms with Gasteiger partial charge < -0.3 is 5.11 Å². The predicted octanol–water partition coefficient (Wildman–Crippen LogP) is 1.00. The minimum atomic E-state index is -3.50. The molecule has 84 valence electrons. The van der Waals surface area contributed by atoms with Crippen molar-refractivity contribution in [2.24, 2.45) is 0 Å². The molecule has 0 aliphatic rings. The van der Waals surface area contributed by atoms with Crippen molar-refractivity contribution in [3.05, 3.63) is 35.4 Å². The standard InChI is InChI=1S/C10H14O4S/c1-8-3-5-9(6-4-8)10(11)7-14-15(2,12)13/h3-6,10-11H,7H2,1-2H3. The molecule has 1 atom stereocenters. The third-order valence-corrected chi connectivity index (χ3v) is 2.47. The fourth-order valence-electron chi connectivity index (χ4n) is 1.07. The minimum absolute atomic E-state index is 0.248. The van der Waals surface area contributed by atoms with Crippen LogP contribution in [0.15, 0.2) is 24.3 Å². The first-order chi connectivity index (χ1) is 6.88. The van der Waals surface area contributed by atoms with Crippen molar-refractivity contribution in [1.82, 2.24) is 0 Å². The van der Waals surface area contributed by atoms with Crippen molar-refractivity contribution in [1.29, 1.82) is 0 Å². The van der Waals surface area contributed by atoms with Crippen molar-refractivity contribution in [3.8, 4) is 0 Å². The van der Waals surface area contributed by atoms with Crippen LogP contribution in [0.2, 0.25) is 0 Å². The molecule has 1 N–H and O–H groups in total. The van der Waals surface area contributed by atoms with E-state index in [9.17, 15) is 13.5 Å². The fraction of sp³-hybridized carbons (Fsp3) is 0.400. The topological polar surface area (TPSA) is 63.6 Å². The average molecular weight is 230 g/mol. The molecule has 1 unspecified atom stereocenters. The van der Waals surface area contributed by atoms with Crippen LogP contribution in [0.5, 0.6) is 0 Å². The summed E-state index contributed by atoms with van der Waals surface area (Å²) in [5.74, 6) is 0. The van der Waals surface area contributed by atoms with Crippen molar-refractivity contribution in [2.45, 2.75) is 13.0 Å². The first-order valence-corrected chi connectivity index (χ1v) is 6.29. The minimum Gasteiger partial charge on any atom is -0.386 e. The lowest BCUT2D eigenvalue weighted by atomic mass is 10.1. The third-order valence-electron chi connectivity index (χ3n) is 1.90. The lowest BCUT2D eigenvalue weighted by Crippen LogP contribution is -2.11. The number of benzene rings is 1. The Morgan fingerprint density at radius 3 is 2.33 bits per heavy atom. The molecule has 1 aromatic rings. The Balaban J connectivity index is 2.61. The SMILES string of the molecule is Cc1ccc(C(O)COS(C)(=O)=O)cc1. The molecule has 0 saturated heterocycles. The number of aliphatic hydroxyl groups excluding tert-OH is 1. The molecule has 0 fully saturated rings. The molecule has 0 heterocycles. The van der Waals surface area contributed by atoms with Crippen LogP contribution in [-0.2, 0) is 14.3 Å². The van der Waals surface area contributed by atoms with Gasteiger partial charge in [-0.15, -0.1) is 0 Å². The van der Waals surface area contributed by atoms with E-state index in [2.05, 4.69) is 4.18 Å². The van der Waals surface area contributed by atoms with Gasteiger partial charge in [-0.25, -0.2) is 0 Å². The molecular formula is C10H14O4S. The molecule has 0 aliphatic carbocycles. The van der Waals surface area contributed by atoms with Crippen LogP contribution in [0.3, 0.4) is 0 Å². The van der Waals surface area contributed by atoms with Gasteiger partial charge >= 0.3 is 0 Å². The summed E-state index contributed by atoms with van der Waals surface area (Å²) < 4.78 is 25.9. The van der Waals surface area contributed by atoms with Gasteiger partial charge in [0.15, 0.2) is 0 Å². The van der Waals surface area contributed by atoms with Gasteiger partial charge in [0.05, 0.1) is 12.9 Å². The number of hydrogen-bond acceptors (Lipinski definition) is 4. The van der Waals surface area contributed by atoms with Crippen LogP contribution in [0, 0.1) is 6.92 Å². The zero-order valence-corrected chi connectivity index (χ0v) is 9.49. The van der Waals surface area contributed by atoms with E-state index in [0.717, 1.165) is 11.8 Å². The van der Waals surface area contributed by atoms with E-state index in [4.69, 9.17) is 0 Å². The van der Waals surface area contributed by atoms with Crippen LogP contribution in [-0.4, -0.2) is 26.4 Å². The summed E-state index contributed by atoms with van der Waals surface area (Å²) >= 11 is 0. The second-order valence-corrected chi connectivity index (χ2v) is 5.06. The molecular weight excluding hydrogens is 216 g/mol. The molecule has 15 heavy (non-hydrogen) atoms. The van der Waals surface area contributed by atoms with Gasteiger partial charge in [-0.2, -0.15) is 8.42 Å². The second-order valence-electron chi connectivity index (χ2n) is 3.42. The van der Waals surface area contributed by atoms with Crippen LogP contribution in [0.4, 0.5) is 0 Å². The normalized spacial score (nSPS) is 13.8. The van der Waals surface area contributed by atoms with Crippen molar-refractivity contribution < 1.29 is 17.7 Å². The first-order valence-electron chi connectivity index (χ1n) is 4.47. The number of aliphatic hydroxyl groups is 1. The summed E-state index contributed by atoms with van der Waals surface area (Å²) in [6.45, 7) is 1.69. The molecule has 0 aromatic heterocycles. The molecule has 0 bridgehead atoms. The molecule has 4 nitrogen and oxygen atoms in total. The van der Waals surface area contributed by atoms with Gasteiger partial charge in [0, 0.05) is 0 Å². The Hall–Kier alpha value is -0.910. The Labute approximate surface area is 89.6 Å². The van der Waals surface area contributed by atoms with Crippen molar-refractivity contribution in [3.63, 3.8) is 0 Å². The Kier molecular flexibility index (Phi) is 3.84. The van der Waals surface area contributed by atoms with Gasteiger partial charge in [-0.05, 0) is 12.5 Å². The van der Waals surface area contributed by atoms with E-state index in [0.29, 0.717) is 5.56 Å². The molecule has 0 radical (unpaired) electrons. The van der Waals surface area contributed by atoms with E-state index in [1.54, 1.807) is 12.1 Å². The quantitative estimate of drug-likeness (QED) is 0.784. The Morgan fingerprint density at radius 1 is 1.33 bits per heavy atom. The molecule has 0 aliphatic heterocycles. The van der Waals surface area contributed by atoms with Gasteiger partial charge in [0.2, 0.25) is 0 Å². The van der Waals surface area contributed by atoms with Crippen LogP contribution in [0.1, 0.15) is 17.2 Å². The molecule has 0 amide bonds. The van der Waals surface area contributed by atoms with Gasteiger partial charge in [0.1, 0.15) is 6.10 Å². The lowest BCUT2D eigenvalue weighted by Gasteiger charge is -2.10. The van der Waals surface area contributed by atoms with E-state index >= 15 is 0 Å². The number of rotatable bonds is 4. The maximum Gasteiger partial charge on any atom is 0.264 e. The van der Waals surface area contributed by atoms with Crippen molar-refractivity contribution >= 4 is 10.1 Å². The number of hydrogen-bond donors (Lipinski definition) is 1. The molecule has 1 rings (SSSR count). The molecule has 5 heteroatoms. The zero-order valence-electron chi connectivity index (χ0n) is 8.67. The van der Waals surface area contributed by atoms with Gasteiger partial charge in [-0.3, -0.25) is 4.18 Å². The Bertz CT molecular complexity index is 408. The summed E-state index contributed by atoms with van der Waals surface area (Å²) in [6.07, 6.45) is 0.0369. The van der Waals surface area contributed by atoms with E-state index < -0.39 is 16.2 Å². The maximum absolute atomic E-state index is 10.7. The van der Waals surface area contributed by atoms with E-state index in [1.165, 1.54) is 0 Å². The lowest BCUT2D eigenvalue weighted by molar-refractivity contribution is 0.112. The van der Waals surface area contributed by atoms with Crippen LogP contribution >= 0.6 is 0 Å². The molecule has 1 aromatic carbocycles. The summed E-state index contributed by atoms with van der Waals surface area (Å²) in [5.41, 5.74) is 1.72. The molecule has 0 saturated carbocycles. The third kappa shape index (κ3) is 4.42. The average Bonchev–Trinajstić information content (AvgIpc) is 2.14. The van der Waals surface area contributed by atoms with E-state index in [1.807, 2.05) is 19.1 Å². The summed E-state index contributed by atoms with van der Waals surface area (Å²) in [7, 11) is -3.50. The highest BCUT2D eigenvalue weighted by molar-refractivity contribution is 7.85. The second kappa shape index (κ2) is 4.74. The molecule has 0 spiro atoms. The smallest absolute Gasteiger partial charge is 0.264 e. The highest BCUT2D eigenvalue weighted by Crippen LogP contribution is 2.14. The zero-order chi connectivity index (χ0) is 11.5. The highest BCUT2D eigenvalue weighted by atomic mass is 32.2. The summed E-state index contributed by atoms with van der Waals surface area (Å²) in [5, 5.41) is 9.59. The monoisotopic (exact) mass is 230 g/mol. The number of aryl methyl sites for hydroxylation is 1. The van der Waals surface area contributed by atoms with Gasteiger partial charge in [0.25, 0.3) is 10.1 Å². The maximum atomic E-state index is 10.7. The summed E-state index contributed by atoms with van der Waals surface area (Å²) in [4.78, 5) is 0. The highest BCUT2D eigenvalue weighted by Gasteiger charge is 2.10. The predicted molar refractivity (Wildman–Crippen MR) is 56.9 cm³/mol. The van der Waals surface area contributed by atoms with E-state index in [-0.39, 0.29) is 6.61 Å². The van der Waals surface area contributed by atoms with Gasteiger partial charge in [-0.1, -0.05) is 29.8 Å².